The highest BCUT2D eigenvalue weighted by molar-refractivity contribution is 7.22. The molecule has 1 saturated heterocycles. The number of fused-ring (bicyclic) bond motifs is 1. The largest absolute Gasteiger partial charge is 0.379 e. The number of halogens is 1. The molecule has 0 N–H and O–H groups in total. The lowest BCUT2D eigenvalue weighted by atomic mass is 10.1. The molecule has 0 aliphatic carbocycles. The molecule has 3 aromatic rings. The van der Waals surface area contributed by atoms with Crippen LogP contribution in [0.4, 0.5) is 9.52 Å². The molecule has 1 fully saturated rings. The van der Waals surface area contributed by atoms with Crippen LogP contribution in [0.1, 0.15) is 5.56 Å². The van der Waals surface area contributed by atoms with Gasteiger partial charge in [-0.3, -0.25) is 14.6 Å². The highest BCUT2D eigenvalue weighted by Gasteiger charge is 2.21. The maximum Gasteiger partial charge on any atom is 0.233 e. The Kier molecular flexibility index (Phi) is 5.95. The number of hydrogen-bond donors (Lipinski definition) is 0. The fourth-order valence-corrected chi connectivity index (χ4v) is 4.25. The van der Waals surface area contributed by atoms with Crippen LogP contribution in [0, 0.1) is 5.82 Å². The number of hydrogen-bond acceptors (Lipinski definition) is 5. The van der Waals surface area contributed by atoms with Gasteiger partial charge < -0.3 is 4.74 Å². The molecule has 1 aliphatic heterocycles. The van der Waals surface area contributed by atoms with Gasteiger partial charge >= 0.3 is 0 Å². The van der Waals surface area contributed by atoms with Crippen molar-refractivity contribution in [1.29, 1.82) is 0 Å². The Bertz CT molecular complexity index is 905. The number of amides is 1. The Hall–Kier alpha value is -2.35. The van der Waals surface area contributed by atoms with Crippen molar-refractivity contribution >= 4 is 32.6 Å². The summed E-state index contributed by atoms with van der Waals surface area (Å²) in [6, 6.07) is 14.0. The molecule has 0 unspecified atom stereocenters. The summed E-state index contributed by atoms with van der Waals surface area (Å²) in [4.78, 5) is 21.8. The minimum Gasteiger partial charge on any atom is -0.379 e. The fraction of sp³-hybridized carbons (Fsp3) is 0.333. The summed E-state index contributed by atoms with van der Waals surface area (Å²) in [6.45, 7) is 4.54. The summed E-state index contributed by atoms with van der Waals surface area (Å²) in [7, 11) is 0. The molecule has 0 saturated carbocycles. The maximum absolute atomic E-state index is 13.2. The monoisotopic (exact) mass is 399 g/mol. The van der Waals surface area contributed by atoms with Crippen LogP contribution in [0.3, 0.4) is 0 Å². The zero-order valence-electron chi connectivity index (χ0n) is 15.5. The van der Waals surface area contributed by atoms with Gasteiger partial charge in [0, 0.05) is 26.2 Å². The predicted molar refractivity (Wildman–Crippen MR) is 109 cm³/mol. The van der Waals surface area contributed by atoms with E-state index in [-0.39, 0.29) is 18.1 Å². The van der Waals surface area contributed by atoms with Crippen LogP contribution < -0.4 is 4.90 Å². The Labute approximate surface area is 167 Å². The maximum atomic E-state index is 13.2. The average molecular weight is 399 g/mol. The van der Waals surface area contributed by atoms with Gasteiger partial charge in [0.2, 0.25) is 5.91 Å². The van der Waals surface area contributed by atoms with Gasteiger partial charge in [-0.1, -0.05) is 35.6 Å². The van der Waals surface area contributed by atoms with E-state index in [9.17, 15) is 9.18 Å². The summed E-state index contributed by atoms with van der Waals surface area (Å²) < 4.78 is 19.6. The fourth-order valence-electron chi connectivity index (χ4n) is 3.24. The first-order valence-electron chi connectivity index (χ1n) is 9.39. The van der Waals surface area contributed by atoms with Crippen LogP contribution in [0.5, 0.6) is 0 Å². The number of benzene rings is 2. The van der Waals surface area contributed by atoms with Gasteiger partial charge in [0.15, 0.2) is 5.13 Å². The molecule has 2 aromatic carbocycles. The molecule has 1 aliphatic rings. The van der Waals surface area contributed by atoms with Gasteiger partial charge in [0.25, 0.3) is 0 Å². The molecule has 1 aromatic heterocycles. The van der Waals surface area contributed by atoms with Crippen LogP contribution in [0.2, 0.25) is 0 Å². The molecular weight excluding hydrogens is 377 g/mol. The summed E-state index contributed by atoms with van der Waals surface area (Å²) in [5.74, 6) is -0.328. The van der Waals surface area contributed by atoms with Crippen molar-refractivity contribution in [2.24, 2.45) is 0 Å². The van der Waals surface area contributed by atoms with Crippen LogP contribution in [-0.2, 0) is 16.0 Å². The van der Waals surface area contributed by atoms with Gasteiger partial charge in [-0.2, -0.15) is 0 Å². The van der Waals surface area contributed by atoms with E-state index in [1.165, 1.54) is 23.5 Å². The summed E-state index contributed by atoms with van der Waals surface area (Å²) in [6.07, 6.45) is 0.222. The molecule has 146 valence electrons. The van der Waals surface area contributed by atoms with Gasteiger partial charge in [-0.15, -0.1) is 0 Å². The van der Waals surface area contributed by atoms with Crippen molar-refractivity contribution in [3.63, 3.8) is 0 Å². The van der Waals surface area contributed by atoms with E-state index < -0.39 is 0 Å². The van der Waals surface area contributed by atoms with Gasteiger partial charge in [0.05, 0.1) is 29.9 Å². The van der Waals surface area contributed by atoms with Crippen molar-refractivity contribution < 1.29 is 13.9 Å². The van der Waals surface area contributed by atoms with E-state index in [1.807, 2.05) is 24.3 Å². The van der Waals surface area contributed by atoms with Crippen molar-refractivity contribution in [2.75, 3.05) is 44.3 Å². The standard InChI is InChI=1S/C21H22FN3O2S/c22-17-7-5-16(6-8-17)15-20(26)25(10-9-24-11-13-27-14-12-24)21-23-18-3-1-2-4-19(18)28-21/h1-8H,9-15H2. The number of carbonyl (C=O) groups excluding carboxylic acids is 1. The first-order valence-corrected chi connectivity index (χ1v) is 10.2. The number of carbonyl (C=O) groups is 1. The zero-order chi connectivity index (χ0) is 19.3. The van der Waals surface area contributed by atoms with Crippen molar-refractivity contribution in [1.82, 2.24) is 9.88 Å². The van der Waals surface area contributed by atoms with E-state index in [0.717, 1.165) is 48.6 Å². The third kappa shape index (κ3) is 4.55. The molecule has 5 nitrogen and oxygen atoms in total. The number of morpholine rings is 1. The highest BCUT2D eigenvalue weighted by atomic mass is 32.1. The zero-order valence-corrected chi connectivity index (χ0v) is 16.3. The van der Waals surface area contributed by atoms with E-state index in [0.29, 0.717) is 11.7 Å². The van der Waals surface area contributed by atoms with Crippen LogP contribution in [0.15, 0.2) is 48.5 Å². The van der Waals surface area contributed by atoms with Gasteiger partial charge in [0.1, 0.15) is 5.82 Å². The van der Waals surface area contributed by atoms with Gasteiger partial charge in [-0.25, -0.2) is 9.37 Å². The number of thiazole rings is 1. The number of anilines is 1. The van der Waals surface area contributed by atoms with E-state index in [2.05, 4.69) is 9.88 Å². The number of aromatic nitrogens is 1. The SMILES string of the molecule is O=C(Cc1ccc(F)cc1)N(CCN1CCOCC1)c1nc2ccccc2s1. The van der Waals surface area contributed by atoms with E-state index >= 15 is 0 Å². The topological polar surface area (TPSA) is 45.7 Å². The lowest BCUT2D eigenvalue weighted by Gasteiger charge is -2.29. The van der Waals surface area contributed by atoms with Crippen LogP contribution in [0.25, 0.3) is 10.2 Å². The second kappa shape index (κ2) is 8.77. The Morgan fingerprint density at radius 3 is 2.64 bits per heavy atom. The molecular formula is C21H22FN3O2S. The normalized spacial score (nSPS) is 15.0. The third-order valence-electron chi connectivity index (χ3n) is 4.83. The molecule has 2 heterocycles. The smallest absolute Gasteiger partial charge is 0.233 e. The summed E-state index contributed by atoms with van der Waals surface area (Å²) in [5, 5.41) is 0.710. The van der Waals surface area contributed by atoms with Crippen LogP contribution >= 0.6 is 11.3 Å². The number of ether oxygens (including phenoxy) is 1. The molecule has 7 heteroatoms. The first-order chi connectivity index (χ1) is 13.7. The minimum absolute atomic E-state index is 0.0288. The van der Waals surface area contributed by atoms with Crippen molar-refractivity contribution in [3.05, 3.63) is 59.9 Å². The van der Waals surface area contributed by atoms with Crippen molar-refractivity contribution in [2.45, 2.75) is 6.42 Å². The summed E-state index contributed by atoms with van der Waals surface area (Å²) >= 11 is 1.52. The number of rotatable bonds is 6. The quantitative estimate of drug-likeness (QED) is 0.638. The van der Waals surface area contributed by atoms with Gasteiger partial charge in [-0.05, 0) is 29.8 Å². The third-order valence-corrected chi connectivity index (χ3v) is 5.89. The van der Waals surface area contributed by atoms with Crippen molar-refractivity contribution in [3.8, 4) is 0 Å². The lowest BCUT2D eigenvalue weighted by molar-refractivity contribution is -0.118. The first kappa shape index (κ1) is 19.0. The predicted octanol–water partition coefficient (Wildman–Crippen LogP) is 3.34. The summed E-state index contributed by atoms with van der Waals surface area (Å²) in [5.41, 5.74) is 1.69. The Morgan fingerprint density at radius 1 is 1.14 bits per heavy atom. The number of nitrogens with zero attached hydrogens (tertiary/aromatic N) is 3. The highest BCUT2D eigenvalue weighted by Crippen LogP contribution is 2.29. The Balaban J connectivity index is 1.54. The minimum atomic E-state index is -0.299. The lowest BCUT2D eigenvalue weighted by Crippen LogP contribution is -2.43. The van der Waals surface area contributed by atoms with E-state index in [4.69, 9.17) is 4.74 Å². The molecule has 0 spiro atoms. The molecule has 0 radical (unpaired) electrons. The average Bonchev–Trinajstić information content (AvgIpc) is 3.14. The second-order valence-electron chi connectivity index (χ2n) is 6.77. The molecule has 1 amide bonds. The van der Waals surface area contributed by atoms with Crippen LogP contribution in [-0.4, -0.2) is 55.2 Å². The molecule has 0 bridgehead atoms. The molecule has 0 atom stereocenters. The Morgan fingerprint density at radius 2 is 1.89 bits per heavy atom. The molecule has 28 heavy (non-hydrogen) atoms. The molecule has 4 rings (SSSR count). The number of para-hydroxylation sites is 1. The van der Waals surface area contributed by atoms with E-state index in [1.54, 1.807) is 17.0 Å². The second-order valence-corrected chi connectivity index (χ2v) is 7.78.